The lowest BCUT2D eigenvalue weighted by atomic mass is 10.2. The van der Waals surface area contributed by atoms with E-state index < -0.39 is 5.82 Å². The molecule has 0 aliphatic rings. The van der Waals surface area contributed by atoms with Gasteiger partial charge >= 0.3 is 0 Å². The second-order valence-electron chi connectivity index (χ2n) is 4.69. The highest BCUT2D eigenvalue weighted by Gasteiger charge is 2.10. The quantitative estimate of drug-likeness (QED) is 0.899. The molecule has 2 rings (SSSR count). The van der Waals surface area contributed by atoms with E-state index in [2.05, 4.69) is 10.3 Å². The summed E-state index contributed by atoms with van der Waals surface area (Å²) in [5, 5.41) is 3.70. The number of para-hydroxylation sites is 1. The van der Waals surface area contributed by atoms with Crippen molar-refractivity contribution in [3.63, 3.8) is 0 Å². The van der Waals surface area contributed by atoms with Crippen molar-refractivity contribution in [2.24, 2.45) is 0 Å². The van der Waals surface area contributed by atoms with Crippen LogP contribution in [0.25, 0.3) is 0 Å². The predicted octanol–water partition coefficient (Wildman–Crippen LogP) is 4.16. The Morgan fingerprint density at radius 1 is 1.35 bits per heavy atom. The van der Waals surface area contributed by atoms with Crippen LogP contribution >= 0.6 is 11.6 Å². The first-order chi connectivity index (χ1) is 9.56. The van der Waals surface area contributed by atoms with Crippen LogP contribution in [-0.4, -0.2) is 11.0 Å². The Kier molecular flexibility index (Phi) is 4.93. The highest BCUT2D eigenvalue weighted by molar-refractivity contribution is 6.32. The van der Waals surface area contributed by atoms with Crippen LogP contribution in [0.2, 0.25) is 5.02 Å². The summed E-state index contributed by atoms with van der Waals surface area (Å²) >= 11 is 6.04. The number of hydrogen-bond donors (Lipinski definition) is 1. The van der Waals surface area contributed by atoms with Crippen LogP contribution in [-0.2, 0) is 6.54 Å². The third-order valence-electron chi connectivity index (χ3n) is 2.64. The van der Waals surface area contributed by atoms with E-state index in [4.69, 9.17) is 16.3 Å². The van der Waals surface area contributed by atoms with E-state index >= 15 is 0 Å². The first-order valence-corrected chi connectivity index (χ1v) is 6.74. The highest BCUT2D eigenvalue weighted by Crippen LogP contribution is 2.29. The molecule has 3 nitrogen and oxygen atoms in total. The molecule has 0 unspecified atom stereocenters. The zero-order chi connectivity index (χ0) is 14.5. The van der Waals surface area contributed by atoms with E-state index in [0.717, 1.165) is 6.20 Å². The fourth-order valence-electron chi connectivity index (χ4n) is 1.63. The zero-order valence-electron chi connectivity index (χ0n) is 11.4. The van der Waals surface area contributed by atoms with Gasteiger partial charge in [0.1, 0.15) is 11.6 Å². The molecule has 0 amide bonds. The van der Waals surface area contributed by atoms with Gasteiger partial charge in [-0.15, -0.1) is 0 Å². The molecule has 1 heterocycles. The number of pyridine rings is 1. The van der Waals surface area contributed by atoms with Crippen molar-refractivity contribution in [3.05, 3.63) is 52.9 Å². The molecule has 0 radical (unpaired) electrons. The molecule has 1 N–H and O–H groups in total. The first kappa shape index (κ1) is 14.8. The second kappa shape index (κ2) is 6.68. The monoisotopic (exact) mass is 294 g/mol. The van der Waals surface area contributed by atoms with Crippen LogP contribution in [0.4, 0.5) is 4.39 Å². The summed E-state index contributed by atoms with van der Waals surface area (Å²) in [6.45, 7) is 4.50. The molecule has 0 aliphatic heterocycles. The molecule has 106 valence electrons. The summed E-state index contributed by atoms with van der Waals surface area (Å²) < 4.78 is 19.0. The third-order valence-corrected chi connectivity index (χ3v) is 2.95. The largest absolute Gasteiger partial charge is 0.437 e. The Bertz CT molecular complexity index is 590. The highest BCUT2D eigenvalue weighted by atomic mass is 35.5. The van der Waals surface area contributed by atoms with Crippen LogP contribution in [0, 0.1) is 5.82 Å². The fraction of sp³-hybridized carbons (Fsp3) is 0.267. The minimum atomic E-state index is -0.392. The van der Waals surface area contributed by atoms with Gasteiger partial charge in [-0.3, -0.25) is 0 Å². The summed E-state index contributed by atoms with van der Waals surface area (Å²) in [5.74, 6) is 0.462. The van der Waals surface area contributed by atoms with Crippen LogP contribution in [0.15, 0.2) is 36.5 Å². The molecule has 0 bridgehead atoms. The number of rotatable bonds is 5. The number of ether oxygens (including phenoxy) is 1. The van der Waals surface area contributed by atoms with Crippen molar-refractivity contribution >= 4 is 11.6 Å². The second-order valence-corrected chi connectivity index (χ2v) is 5.09. The molecule has 0 spiro atoms. The van der Waals surface area contributed by atoms with E-state index in [1.54, 1.807) is 12.1 Å². The number of aromatic nitrogens is 1. The molecule has 0 saturated carbocycles. The molecule has 0 aliphatic carbocycles. The van der Waals surface area contributed by atoms with E-state index in [0.29, 0.717) is 28.8 Å². The average molecular weight is 295 g/mol. The van der Waals surface area contributed by atoms with Gasteiger partial charge in [0, 0.05) is 18.2 Å². The first-order valence-electron chi connectivity index (χ1n) is 6.36. The lowest BCUT2D eigenvalue weighted by Crippen LogP contribution is -2.22. The molecule has 0 fully saturated rings. The lowest BCUT2D eigenvalue weighted by molar-refractivity contribution is 0.446. The van der Waals surface area contributed by atoms with E-state index in [-0.39, 0.29) is 6.04 Å². The molecular weight excluding hydrogens is 279 g/mol. The summed E-state index contributed by atoms with van der Waals surface area (Å²) in [7, 11) is 0. The van der Waals surface area contributed by atoms with Gasteiger partial charge in [0.15, 0.2) is 0 Å². The van der Waals surface area contributed by atoms with Gasteiger partial charge in [-0.1, -0.05) is 37.6 Å². The minimum Gasteiger partial charge on any atom is -0.437 e. The Hall–Kier alpha value is -1.65. The maximum absolute atomic E-state index is 13.3. The Morgan fingerprint density at radius 3 is 2.80 bits per heavy atom. The number of nitrogens with one attached hydrogen (secondary N) is 1. The van der Waals surface area contributed by atoms with Gasteiger partial charge in [0.25, 0.3) is 0 Å². The molecule has 1 aromatic heterocycles. The standard InChI is InChI=1S/C15H16ClFN2O/c1-10(2)18-8-11-7-12(17)9-19-15(11)20-14-6-4-3-5-13(14)16/h3-7,9-10,18H,8H2,1-2H3. The maximum Gasteiger partial charge on any atom is 0.223 e. The topological polar surface area (TPSA) is 34.2 Å². The summed E-state index contributed by atoms with van der Waals surface area (Å²) in [4.78, 5) is 4.00. The summed E-state index contributed by atoms with van der Waals surface area (Å²) in [6.07, 6.45) is 1.13. The maximum atomic E-state index is 13.3. The van der Waals surface area contributed by atoms with Gasteiger partial charge in [-0.2, -0.15) is 0 Å². The Labute approximate surface area is 122 Å². The summed E-state index contributed by atoms with van der Waals surface area (Å²) in [5.41, 5.74) is 0.651. The van der Waals surface area contributed by atoms with Gasteiger partial charge in [-0.25, -0.2) is 9.37 Å². The van der Waals surface area contributed by atoms with Crippen LogP contribution in [0.3, 0.4) is 0 Å². The van der Waals surface area contributed by atoms with Gasteiger partial charge in [-0.05, 0) is 18.2 Å². The molecule has 0 atom stereocenters. The van der Waals surface area contributed by atoms with Crippen molar-refractivity contribution in [1.82, 2.24) is 10.3 Å². The van der Waals surface area contributed by atoms with Crippen molar-refractivity contribution in [3.8, 4) is 11.6 Å². The molecule has 20 heavy (non-hydrogen) atoms. The van der Waals surface area contributed by atoms with E-state index in [9.17, 15) is 4.39 Å². The third kappa shape index (κ3) is 3.92. The molecule has 2 aromatic rings. The van der Waals surface area contributed by atoms with Crippen molar-refractivity contribution in [2.75, 3.05) is 0 Å². The van der Waals surface area contributed by atoms with Crippen LogP contribution < -0.4 is 10.1 Å². The summed E-state index contributed by atoms with van der Waals surface area (Å²) in [6, 6.07) is 8.80. The fourth-order valence-corrected chi connectivity index (χ4v) is 1.81. The van der Waals surface area contributed by atoms with E-state index in [1.807, 2.05) is 26.0 Å². The van der Waals surface area contributed by atoms with Crippen molar-refractivity contribution in [1.29, 1.82) is 0 Å². The van der Waals surface area contributed by atoms with Gasteiger partial charge < -0.3 is 10.1 Å². The van der Waals surface area contributed by atoms with Crippen LogP contribution in [0.5, 0.6) is 11.6 Å². The van der Waals surface area contributed by atoms with Gasteiger partial charge in [0.05, 0.1) is 11.2 Å². The lowest BCUT2D eigenvalue weighted by Gasteiger charge is -2.13. The Morgan fingerprint density at radius 2 is 2.10 bits per heavy atom. The van der Waals surface area contributed by atoms with Crippen molar-refractivity contribution in [2.45, 2.75) is 26.4 Å². The average Bonchev–Trinajstić information content (AvgIpc) is 2.41. The number of halogens is 2. The Balaban J connectivity index is 2.24. The van der Waals surface area contributed by atoms with Gasteiger partial charge in [0.2, 0.25) is 5.88 Å². The predicted molar refractivity (Wildman–Crippen MR) is 77.7 cm³/mol. The molecule has 1 aromatic carbocycles. The number of benzene rings is 1. The number of hydrogen-bond acceptors (Lipinski definition) is 3. The normalized spacial score (nSPS) is 10.8. The molecule has 0 saturated heterocycles. The van der Waals surface area contributed by atoms with Crippen LogP contribution in [0.1, 0.15) is 19.4 Å². The zero-order valence-corrected chi connectivity index (χ0v) is 12.1. The van der Waals surface area contributed by atoms with Crippen molar-refractivity contribution < 1.29 is 9.13 Å². The molecular formula is C15H16ClFN2O. The SMILES string of the molecule is CC(C)NCc1cc(F)cnc1Oc1ccccc1Cl. The molecule has 5 heteroatoms. The minimum absolute atomic E-state index is 0.284. The number of nitrogens with zero attached hydrogens (tertiary/aromatic N) is 1. The van der Waals surface area contributed by atoms with E-state index in [1.165, 1.54) is 6.07 Å². The smallest absolute Gasteiger partial charge is 0.223 e.